The summed E-state index contributed by atoms with van der Waals surface area (Å²) >= 11 is 6.00. The molecule has 0 spiro atoms. The van der Waals surface area contributed by atoms with E-state index in [0.29, 0.717) is 0 Å². The van der Waals surface area contributed by atoms with Crippen molar-refractivity contribution >= 4 is 11.6 Å². The summed E-state index contributed by atoms with van der Waals surface area (Å²) in [5.41, 5.74) is 2.34. The van der Waals surface area contributed by atoms with Crippen LogP contribution >= 0.6 is 11.6 Å². The summed E-state index contributed by atoms with van der Waals surface area (Å²) in [5, 5.41) is 9.93. The maximum atomic E-state index is 9.13. The van der Waals surface area contributed by atoms with E-state index in [2.05, 4.69) is 6.07 Å². The topological polar surface area (TPSA) is 20.2 Å². The Bertz CT molecular complexity index is 281. The van der Waals surface area contributed by atoms with E-state index in [0.717, 1.165) is 23.4 Å². The molecule has 1 nitrogen and oxygen atoms in total. The second-order valence-corrected chi connectivity index (χ2v) is 3.89. The molecule has 0 radical (unpaired) electrons. The molecule has 0 aliphatic rings. The molecule has 72 valence electrons. The van der Waals surface area contributed by atoms with Crippen LogP contribution in [-0.4, -0.2) is 11.2 Å². The normalized spacial score (nSPS) is 12.9. The van der Waals surface area contributed by atoms with Gasteiger partial charge < -0.3 is 5.11 Å². The molecule has 0 aliphatic heterocycles. The molecule has 1 N–H and O–H groups in total. The standard InChI is InChI=1S/C11H15ClO/c1-8-3-6-11(12)10(7-8)5-4-9(2)13/h3,6-7,9,13H,4-5H2,1-2H3/t9-/m1/s1. The number of aliphatic hydroxyl groups is 1. The van der Waals surface area contributed by atoms with Crippen molar-refractivity contribution in [3.05, 3.63) is 34.3 Å². The molecule has 0 heterocycles. The second kappa shape index (κ2) is 4.64. The second-order valence-electron chi connectivity index (χ2n) is 3.48. The van der Waals surface area contributed by atoms with Crippen molar-refractivity contribution in [3.8, 4) is 0 Å². The molecule has 2 heteroatoms. The monoisotopic (exact) mass is 198 g/mol. The molecule has 13 heavy (non-hydrogen) atoms. The predicted molar refractivity (Wildman–Crippen MR) is 56.2 cm³/mol. The average molecular weight is 199 g/mol. The molecule has 0 fully saturated rings. The molecular weight excluding hydrogens is 184 g/mol. The van der Waals surface area contributed by atoms with Gasteiger partial charge >= 0.3 is 0 Å². The predicted octanol–water partition coefficient (Wildman–Crippen LogP) is 2.96. The van der Waals surface area contributed by atoms with Crippen LogP contribution < -0.4 is 0 Å². The van der Waals surface area contributed by atoms with Crippen molar-refractivity contribution in [1.29, 1.82) is 0 Å². The van der Waals surface area contributed by atoms with Crippen molar-refractivity contribution in [2.45, 2.75) is 32.8 Å². The maximum absolute atomic E-state index is 9.13. The Hall–Kier alpha value is -0.530. The smallest absolute Gasteiger partial charge is 0.0515 e. The lowest BCUT2D eigenvalue weighted by atomic mass is 10.1. The summed E-state index contributed by atoms with van der Waals surface area (Å²) in [6, 6.07) is 5.98. The van der Waals surface area contributed by atoms with Crippen LogP contribution in [0.4, 0.5) is 0 Å². The number of aryl methyl sites for hydroxylation is 2. The van der Waals surface area contributed by atoms with Gasteiger partial charge in [0.05, 0.1) is 6.10 Å². The summed E-state index contributed by atoms with van der Waals surface area (Å²) in [4.78, 5) is 0. The Morgan fingerprint density at radius 3 is 2.77 bits per heavy atom. The summed E-state index contributed by atoms with van der Waals surface area (Å²) in [6.45, 7) is 3.84. The summed E-state index contributed by atoms with van der Waals surface area (Å²) < 4.78 is 0. The van der Waals surface area contributed by atoms with E-state index < -0.39 is 0 Å². The molecule has 0 saturated carbocycles. The van der Waals surface area contributed by atoms with Gasteiger partial charge in [-0.25, -0.2) is 0 Å². The Morgan fingerprint density at radius 1 is 1.46 bits per heavy atom. The van der Waals surface area contributed by atoms with Crippen LogP contribution in [0.25, 0.3) is 0 Å². The fourth-order valence-electron chi connectivity index (χ4n) is 1.26. The lowest BCUT2D eigenvalue weighted by Crippen LogP contribution is -2.01. The number of benzene rings is 1. The minimum absolute atomic E-state index is 0.253. The highest BCUT2D eigenvalue weighted by atomic mass is 35.5. The van der Waals surface area contributed by atoms with E-state index in [-0.39, 0.29) is 6.10 Å². The van der Waals surface area contributed by atoms with E-state index in [4.69, 9.17) is 16.7 Å². The molecule has 1 aromatic rings. The highest BCUT2D eigenvalue weighted by Crippen LogP contribution is 2.19. The van der Waals surface area contributed by atoms with E-state index in [1.54, 1.807) is 6.92 Å². The molecule has 0 saturated heterocycles. The van der Waals surface area contributed by atoms with Gasteiger partial charge in [-0.3, -0.25) is 0 Å². The molecule has 1 aromatic carbocycles. The largest absolute Gasteiger partial charge is 0.393 e. The van der Waals surface area contributed by atoms with Crippen LogP contribution in [-0.2, 0) is 6.42 Å². The molecule has 0 bridgehead atoms. The Balaban J connectivity index is 2.70. The lowest BCUT2D eigenvalue weighted by molar-refractivity contribution is 0.185. The van der Waals surface area contributed by atoms with Crippen LogP contribution in [0.5, 0.6) is 0 Å². The first kappa shape index (κ1) is 10.6. The molecule has 0 aromatic heterocycles. The SMILES string of the molecule is Cc1ccc(Cl)c(CC[C@@H](C)O)c1. The maximum Gasteiger partial charge on any atom is 0.0515 e. The Labute approximate surface area is 84.4 Å². The quantitative estimate of drug-likeness (QED) is 0.792. The Morgan fingerprint density at radius 2 is 2.15 bits per heavy atom. The fourth-order valence-corrected chi connectivity index (χ4v) is 1.47. The molecule has 1 rings (SSSR count). The molecular formula is C11H15ClO. The number of hydrogen-bond donors (Lipinski definition) is 1. The van der Waals surface area contributed by atoms with Crippen LogP contribution in [0.15, 0.2) is 18.2 Å². The zero-order chi connectivity index (χ0) is 9.84. The zero-order valence-electron chi connectivity index (χ0n) is 8.05. The van der Waals surface area contributed by atoms with Crippen molar-refractivity contribution in [2.24, 2.45) is 0 Å². The van der Waals surface area contributed by atoms with Gasteiger partial charge in [0.25, 0.3) is 0 Å². The minimum Gasteiger partial charge on any atom is -0.393 e. The van der Waals surface area contributed by atoms with E-state index in [1.807, 2.05) is 19.1 Å². The number of rotatable bonds is 3. The number of halogens is 1. The van der Waals surface area contributed by atoms with Gasteiger partial charge in [-0.1, -0.05) is 29.3 Å². The van der Waals surface area contributed by atoms with Gasteiger partial charge in [0, 0.05) is 5.02 Å². The van der Waals surface area contributed by atoms with Crippen LogP contribution in [0.1, 0.15) is 24.5 Å². The third-order valence-electron chi connectivity index (χ3n) is 2.03. The zero-order valence-corrected chi connectivity index (χ0v) is 8.80. The van der Waals surface area contributed by atoms with Gasteiger partial charge in [-0.15, -0.1) is 0 Å². The first-order valence-corrected chi connectivity index (χ1v) is 4.90. The summed E-state index contributed by atoms with van der Waals surface area (Å²) in [7, 11) is 0. The minimum atomic E-state index is -0.253. The van der Waals surface area contributed by atoms with Gasteiger partial charge in [0.1, 0.15) is 0 Å². The number of hydrogen-bond acceptors (Lipinski definition) is 1. The van der Waals surface area contributed by atoms with Gasteiger partial charge in [0.15, 0.2) is 0 Å². The van der Waals surface area contributed by atoms with Crippen molar-refractivity contribution in [3.63, 3.8) is 0 Å². The number of aliphatic hydroxyl groups excluding tert-OH is 1. The fraction of sp³-hybridized carbons (Fsp3) is 0.455. The summed E-state index contributed by atoms with van der Waals surface area (Å²) in [5.74, 6) is 0. The van der Waals surface area contributed by atoms with E-state index >= 15 is 0 Å². The van der Waals surface area contributed by atoms with Gasteiger partial charge in [-0.2, -0.15) is 0 Å². The van der Waals surface area contributed by atoms with Gasteiger partial charge in [-0.05, 0) is 38.3 Å². The third-order valence-corrected chi connectivity index (χ3v) is 2.40. The van der Waals surface area contributed by atoms with E-state index in [1.165, 1.54) is 5.56 Å². The van der Waals surface area contributed by atoms with Crippen molar-refractivity contribution in [1.82, 2.24) is 0 Å². The van der Waals surface area contributed by atoms with Crippen LogP contribution in [0.3, 0.4) is 0 Å². The van der Waals surface area contributed by atoms with Gasteiger partial charge in [0.2, 0.25) is 0 Å². The Kier molecular flexibility index (Phi) is 3.76. The highest BCUT2D eigenvalue weighted by Gasteiger charge is 2.02. The lowest BCUT2D eigenvalue weighted by Gasteiger charge is -2.06. The molecule has 0 aliphatic carbocycles. The first-order valence-electron chi connectivity index (χ1n) is 4.52. The average Bonchev–Trinajstić information content (AvgIpc) is 2.06. The molecule has 1 atom stereocenters. The summed E-state index contributed by atoms with van der Waals surface area (Å²) in [6.07, 6.45) is 1.36. The highest BCUT2D eigenvalue weighted by molar-refractivity contribution is 6.31. The van der Waals surface area contributed by atoms with Crippen LogP contribution in [0, 0.1) is 6.92 Å². The molecule has 0 unspecified atom stereocenters. The van der Waals surface area contributed by atoms with Crippen molar-refractivity contribution in [2.75, 3.05) is 0 Å². The van der Waals surface area contributed by atoms with Crippen LogP contribution in [0.2, 0.25) is 5.02 Å². The van der Waals surface area contributed by atoms with Crippen molar-refractivity contribution < 1.29 is 5.11 Å². The third kappa shape index (κ3) is 3.37. The van der Waals surface area contributed by atoms with E-state index in [9.17, 15) is 0 Å². The molecule has 0 amide bonds. The first-order chi connectivity index (χ1) is 6.09.